The average molecular weight is 243 g/mol. The number of halogens is 5. The molecule has 1 aromatic carbocycles. The summed E-state index contributed by atoms with van der Waals surface area (Å²) in [5, 5.41) is -2.29. The third-order valence-electron chi connectivity index (χ3n) is 1.70. The molecule has 14 heavy (non-hydrogen) atoms. The topological polar surface area (TPSA) is 17.1 Å². The van der Waals surface area contributed by atoms with Crippen molar-refractivity contribution in [3.8, 4) is 0 Å². The van der Waals surface area contributed by atoms with Gasteiger partial charge >= 0.3 is 0 Å². The minimum atomic E-state index is -1.52. The lowest BCUT2D eigenvalue weighted by atomic mass is 10.1. The summed E-state index contributed by atoms with van der Waals surface area (Å²) < 4.78 is 38.9. The van der Waals surface area contributed by atoms with Gasteiger partial charge in [0, 0.05) is 5.56 Å². The summed E-state index contributed by atoms with van der Waals surface area (Å²) in [5.74, 6) is -4.24. The van der Waals surface area contributed by atoms with Gasteiger partial charge in [0.1, 0.15) is 5.02 Å². The molecule has 0 aliphatic heterocycles. The molecule has 0 spiro atoms. The van der Waals surface area contributed by atoms with E-state index in [1.807, 2.05) is 0 Å². The van der Waals surface area contributed by atoms with E-state index in [2.05, 4.69) is 0 Å². The standard InChI is InChI=1S/C8H3Cl2F3O/c1-2-3(8(10)14)6(12)4(9)7(13)5(2)11/h1H3. The van der Waals surface area contributed by atoms with Crippen molar-refractivity contribution in [2.24, 2.45) is 0 Å². The number of carbonyl (C=O) groups excluding carboxylic acids is 1. The molecule has 0 aliphatic carbocycles. The molecule has 1 nitrogen and oxygen atoms in total. The van der Waals surface area contributed by atoms with Gasteiger partial charge in [0.15, 0.2) is 17.5 Å². The van der Waals surface area contributed by atoms with E-state index in [1.54, 1.807) is 0 Å². The molecule has 76 valence electrons. The third kappa shape index (κ3) is 1.60. The Balaban J connectivity index is 3.68. The average Bonchev–Trinajstić information content (AvgIpc) is 2.11. The van der Waals surface area contributed by atoms with Crippen molar-refractivity contribution in [1.29, 1.82) is 0 Å². The first-order chi connectivity index (χ1) is 6.37. The number of carbonyl (C=O) groups is 1. The molecule has 1 aromatic rings. The summed E-state index contributed by atoms with van der Waals surface area (Å²) in [6.07, 6.45) is 0. The lowest BCUT2D eigenvalue weighted by Gasteiger charge is -2.06. The lowest BCUT2D eigenvalue weighted by molar-refractivity contribution is 0.107. The molecule has 0 atom stereocenters. The van der Waals surface area contributed by atoms with Crippen LogP contribution in [0, 0.1) is 24.4 Å². The van der Waals surface area contributed by atoms with Gasteiger partial charge in [-0.3, -0.25) is 4.79 Å². The predicted octanol–water partition coefficient (Wildman–Crippen LogP) is 3.44. The Morgan fingerprint density at radius 2 is 1.64 bits per heavy atom. The molecule has 0 bridgehead atoms. The zero-order valence-corrected chi connectivity index (χ0v) is 8.31. The summed E-state index contributed by atoms with van der Waals surface area (Å²) in [6.45, 7) is 1.04. The monoisotopic (exact) mass is 242 g/mol. The normalized spacial score (nSPS) is 10.4. The van der Waals surface area contributed by atoms with Crippen molar-refractivity contribution < 1.29 is 18.0 Å². The SMILES string of the molecule is Cc1c(F)c(F)c(Cl)c(F)c1C(=O)Cl. The second-order valence-corrected chi connectivity index (χ2v) is 3.25. The molecule has 1 rings (SSSR count). The Hall–Kier alpha value is -0.740. The van der Waals surface area contributed by atoms with Gasteiger partial charge in [-0.1, -0.05) is 11.6 Å². The van der Waals surface area contributed by atoms with Crippen molar-refractivity contribution in [2.45, 2.75) is 6.92 Å². The quantitative estimate of drug-likeness (QED) is 0.419. The molecule has 0 radical (unpaired) electrons. The second-order valence-electron chi connectivity index (χ2n) is 2.53. The first-order valence-corrected chi connectivity index (χ1v) is 4.15. The van der Waals surface area contributed by atoms with Crippen molar-refractivity contribution in [3.63, 3.8) is 0 Å². The van der Waals surface area contributed by atoms with Crippen LogP contribution in [0.5, 0.6) is 0 Å². The van der Waals surface area contributed by atoms with Crippen molar-refractivity contribution in [2.75, 3.05) is 0 Å². The van der Waals surface area contributed by atoms with Crippen LogP contribution in [0.15, 0.2) is 0 Å². The maximum absolute atomic E-state index is 13.1. The van der Waals surface area contributed by atoms with Gasteiger partial charge < -0.3 is 0 Å². The predicted molar refractivity (Wildman–Crippen MR) is 46.2 cm³/mol. The first-order valence-electron chi connectivity index (χ1n) is 3.40. The Labute approximate surface area is 87.4 Å². The zero-order valence-electron chi connectivity index (χ0n) is 6.80. The molecule has 0 amide bonds. The highest BCUT2D eigenvalue weighted by Gasteiger charge is 2.24. The van der Waals surface area contributed by atoms with Crippen LogP contribution >= 0.6 is 23.2 Å². The van der Waals surface area contributed by atoms with Gasteiger partial charge in [-0.15, -0.1) is 0 Å². The summed E-state index contributed by atoms with van der Waals surface area (Å²) in [7, 11) is 0. The molecular formula is C8H3Cl2F3O. The fraction of sp³-hybridized carbons (Fsp3) is 0.125. The molecule has 0 unspecified atom stereocenters. The van der Waals surface area contributed by atoms with Crippen LogP contribution in [0.1, 0.15) is 15.9 Å². The molecule has 0 N–H and O–H groups in total. The molecule has 6 heteroatoms. The minimum Gasteiger partial charge on any atom is -0.275 e. The van der Waals surface area contributed by atoms with Crippen LogP contribution in [-0.4, -0.2) is 5.24 Å². The van der Waals surface area contributed by atoms with Crippen LogP contribution in [0.4, 0.5) is 13.2 Å². The lowest BCUT2D eigenvalue weighted by Crippen LogP contribution is -2.05. The Bertz CT molecular complexity index is 389. The van der Waals surface area contributed by atoms with E-state index in [1.165, 1.54) is 0 Å². The molecule has 0 aliphatic rings. The summed E-state index contributed by atoms with van der Waals surface area (Å²) in [4.78, 5) is 10.7. The highest BCUT2D eigenvalue weighted by molar-refractivity contribution is 6.68. The van der Waals surface area contributed by atoms with E-state index in [-0.39, 0.29) is 0 Å². The molecule has 0 fully saturated rings. The summed E-state index contributed by atoms with van der Waals surface area (Å²) in [6, 6.07) is 0. The van der Waals surface area contributed by atoms with Gasteiger partial charge in [0.2, 0.25) is 0 Å². The van der Waals surface area contributed by atoms with E-state index in [0.29, 0.717) is 0 Å². The molecule has 0 saturated carbocycles. The van der Waals surface area contributed by atoms with Crippen molar-refractivity contribution >= 4 is 28.4 Å². The van der Waals surface area contributed by atoms with Crippen molar-refractivity contribution in [3.05, 3.63) is 33.6 Å². The first kappa shape index (κ1) is 11.3. The fourth-order valence-corrected chi connectivity index (χ4v) is 1.38. The van der Waals surface area contributed by atoms with E-state index in [9.17, 15) is 18.0 Å². The van der Waals surface area contributed by atoms with Crippen LogP contribution in [0.25, 0.3) is 0 Å². The van der Waals surface area contributed by atoms with Crippen molar-refractivity contribution in [1.82, 2.24) is 0 Å². The van der Waals surface area contributed by atoms with Gasteiger partial charge in [-0.05, 0) is 18.5 Å². The van der Waals surface area contributed by atoms with E-state index in [0.717, 1.165) is 6.92 Å². The molecular weight excluding hydrogens is 240 g/mol. The van der Waals surface area contributed by atoms with Crippen LogP contribution in [0.2, 0.25) is 5.02 Å². The highest BCUT2D eigenvalue weighted by Crippen LogP contribution is 2.29. The number of hydrogen-bond donors (Lipinski definition) is 0. The number of benzene rings is 1. The van der Waals surface area contributed by atoms with Gasteiger partial charge in [0.25, 0.3) is 5.24 Å². The number of rotatable bonds is 1. The van der Waals surface area contributed by atoms with Gasteiger partial charge in [-0.2, -0.15) is 0 Å². The molecule has 0 saturated heterocycles. The third-order valence-corrected chi connectivity index (χ3v) is 2.22. The van der Waals surface area contributed by atoms with Gasteiger partial charge in [0.05, 0.1) is 5.56 Å². The van der Waals surface area contributed by atoms with Crippen LogP contribution in [0.3, 0.4) is 0 Å². The van der Waals surface area contributed by atoms with Crippen LogP contribution in [-0.2, 0) is 0 Å². The second kappa shape index (κ2) is 3.79. The van der Waals surface area contributed by atoms with E-state index in [4.69, 9.17) is 23.2 Å². The van der Waals surface area contributed by atoms with E-state index < -0.39 is 38.8 Å². The number of hydrogen-bond acceptors (Lipinski definition) is 1. The van der Waals surface area contributed by atoms with Gasteiger partial charge in [-0.25, -0.2) is 13.2 Å². The summed E-state index contributed by atoms with van der Waals surface area (Å²) in [5.41, 5.74) is -1.24. The maximum atomic E-state index is 13.1. The Morgan fingerprint density at radius 1 is 1.14 bits per heavy atom. The minimum absolute atomic E-state index is 0.496. The maximum Gasteiger partial charge on any atom is 0.255 e. The fourth-order valence-electron chi connectivity index (χ4n) is 0.975. The Morgan fingerprint density at radius 3 is 2.07 bits per heavy atom. The Kier molecular flexibility index (Phi) is 3.07. The highest BCUT2D eigenvalue weighted by atomic mass is 35.5. The largest absolute Gasteiger partial charge is 0.275 e. The van der Waals surface area contributed by atoms with Crippen LogP contribution < -0.4 is 0 Å². The molecule has 0 aromatic heterocycles. The molecule has 0 heterocycles. The van der Waals surface area contributed by atoms with E-state index >= 15 is 0 Å². The zero-order chi connectivity index (χ0) is 11.0. The summed E-state index contributed by atoms with van der Waals surface area (Å²) >= 11 is 10.1. The smallest absolute Gasteiger partial charge is 0.255 e.